The zero-order valence-corrected chi connectivity index (χ0v) is 15.6. The van der Waals surface area contributed by atoms with E-state index in [1.807, 2.05) is 25.1 Å². The molecule has 7 heteroatoms. The number of amides is 1. The molecule has 0 unspecified atom stereocenters. The van der Waals surface area contributed by atoms with Crippen LogP contribution in [-0.4, -0.2) is 42.4 Å². The van der Waals surface area contributed by atoms with Crippen molar-refractivity contribution in [1.29, 1.82) is 0 Å². The maximum Gasteiger partial charge on any atom is 0.246 e. The van der Waals surface area contributed by atoms with Crippen molar-refractivity contribution in [1.82, 2.24) is 10.6 Å². The minimum absolute atomic E-state index is 0.0159. The molecule has 0 heterocycles. The lowest BCUT2D eigenvalue weighted by atomic mass is 10.3. The van der Waals surface area contributed by atoms with Crippen LogP contribution in [0.3, 0.4) is 0 Å². The molecule has 0 saturated carbocycles. The number of carbonyl (C=O) groups excluding carboxylic acids is 1. The van der Waals surface area contributed by atoms with E-state index in [0.717, 1.165) is 18.8 Å². The van der Waals surface area contributed by atoms with E-state index in [1.165, 1.54) is 17.0 Å². The average Bonchev–Trinajstić information content (AvgIpc) is 2.66. The third-order valence-electron chi connectivity index (χ3n) is 3.28. The summed E-state index contributed by atoms with van der Waals surface area (Å²) in [5, 5.41) is 18.3. The van der Waals surface area contributed by atoms with Crippen molar-refractivity contribution in [3.8, 4) is 5.75 Å². The van der Waals surface area contributed by atoms with E-state index in [-0.39, 0.29) is 18.2 Å². The summed E-state index contributed by atoms with van der Waals surface area (Å²) in [7, 11) is 0. The van der Waals surface area contributed by atoms with Crippen molar-refractivity contribution in [2.75, 3.05) is 30.7 Å². The number of hydrogen-bond acceptors (Lipinski definition) is 4. The van der Waals surface area contributed by atoms with Crippen molar-refractivity contribution in [2.24, 2.45) is 4.99 Å². The zero-order valence-electron chi connectivity index (χ0n) is 14.7. The van der Waals surface area contributed by atoms with E-state index in [9.17, 15) is 9.90 Å². The molecule has 2 rings (SSSR count). The third kappa shape index (κ3) is 7.48. The molecule has 2 aromatic rings. The highest BCUT2D eigenvalue weighted by Crippen LogP contribution is 2.15. The summed E-state index contributed by atoms with van der Waals surface area (Å²) >= 11 is 1.76. The van der Waals surface area contributed by atoms with Gasteiger partial charge in [0.25, 0.3) is 0 Å². The van der Waals surface area contributed by atoms with Crippen molar-refractivity contribution < 1.29 is 9.90 Å². The van der Waals surface area contributed by atoms with Gasteiger partial charge in [0.1, 0.15) is 12.3 Å². The number of phenols is 1. The van der Waals surface area contributed by atoms with Crippen molar-refractivity contribution >= 4 is 29.3 Å². The summed E-state index contributed by atoms with van der Waals surface area (Å²) in [4.78, 5) is 17.5. The lowest BCUT2D eigenvalue weighted by Gasteiger charge is -2.11. The van der Waals surface area contributed by atoms with Gasteiger partial charge < -0.3 is 21.1 Å². The molecule has 0 saturated heterocycles. The number of guanidine groups is 1. The van der Waals surface area contributed by atoms with Crippen molar-refractivity contribution in [3.05, 3.63) is 54.6 Å². The molecular weight excluding hydrogens is 348 g/mol. The number of hydrogen-bond donors (Lipinski definition) is 4. The van der Waals surface area contributed by atoms with E-state index in [4.69, 9.17) is 0 Å². The van der Waals surface area contributed by atoms with Crippen LogP contribution in [-0.2, 0) is 4.79 Å². The van der Waals surface area contributed by atoms with Crippen LogP contribution in [0.1, 0.15) is 6.92 Å². The Bertz CT molecular complexity index is 705. The van der Waals surface area contributed by atoms with Crippen LogP contribution in [0.4, 0.5) is 5.69 Å². The van der Waals surface area contributed by atoms with Gasteiger partial charge in [-0.1, -0.05) is 18.2 Å². The Morgan fingerprint density at radius 2 is 1.81 bits per heavy atom. The minimum atomic E-state index is -0.216. The molecule has 6 nitrogen and oxygen atoms in total. The molecular formula is C19H24N4O2S. The lowest BCUT2D eigenvalue weighted by molar-refractivity contribution is -0.114. The van der Waals surface area contributed by atoms with Gasteiger partial charge in [-0.15, -0.1) is 11.8 Å². The van der Waals surface area contributed by atoms with E-state index in [1.54, 1.807) is 23.9 Å². The van der Waals surface area contributed by atoms with Crippen molar-refractivity contribution in [3.63, 3.8) is 0 Å². The molecule has 0 aliphatic rings. The Labute approximate surface area is 158 Å². The molecule has 0 atom stereocenters. The molecule has 138 valence electrons. The molecule has 0 radical (unpaired) electrons. The zero-order chi connectivity index (χ0) is 18.6. The van der Waals surface area contributed by atoms with Gasteiger partial charge in [-0.05, 0) is 43.3 Å². The molecule has 2 aromatic carbocycles. The SMILES string of the molecule is CCNC(=NCC(=O)Nc1ccc(O)cc1)NCCSc1ccccc1. The molecule has 26 heavy (non-hydrogen) atoms. The Hall–Kier alpha value is -2.67. The maximum atomic E-state index is 12.0. The summed E-state index contributed by atoms with van der Waals surface area (Å²) in [6.07, 6.45) is 0. The highest BCUT2D eigenvalue weighted by molar-refractivity contribution is 7.99. The summed E-state index contributed by atoms with van der Waals surface area (Å²) in [5.41, 5.74) is 0.625. The standard InChI is InChI=1S/C19H24N4O2S/c1-2-20-19(21-12-13-26-17-6-4-3-5-7-17)22-14-18(25)23-15-8-10-16(24)11-9-15/h3-11,24H,2,12-14H2,1H3,(H,23,25)(H2,20,21,22). The lowest BCUT2D eigenvalue weighted by Crippen LogP contribution is -2.39. The van der Waals surface area contributed by atoms with Gasteiger partial charge in [0.05, 0.1) is 0 Å². The van der Waals surface area contributed by atoms with Gasteiger partial charge in [0, 0.05) is 29.4 Å². The number of nitrogens with one attached hydrogen (secondary N) is 3. The topological polar surface area (TPSA) is 85.8 Å². The molecule has 0 aliphatic carbocycles. The number of aliphatic imine (C=N–C) groups is 1. The van der Waals surface area contributed by atoms with Crippen LogP contribution in [0.15, 0.2) is 64.5 Å². The fourth-order valence-corrected chi connectivity index (χ4v) is 2.88. The number of anilines is 1. The number of thioether (sulfide) groups is 1. The summed E-state index contributed by atoms with van der Waals surface area (Å²) in [6, 6.07) is 16.5. The van der Waals surface area contributed by atoms with E-state index < -0.39 is 0 Å². The number of carbonyl (C=O) groups is 1. The second-order valence-corrected chi connectivity index (χ2v) is 6.55. The van der Waals surface area contributed by atoms with Gasteiger partial charge in [-0.3, -0.25) is 4.79 Å². The van der Waals surface area contributed by atoms with Crippen LogP contribution in [0.25, 0.3) is 0 Å². The average molecular weight is 372 g/mol. The monoisotopic (exact) mass is 372 g/mol. The summed E-state index contributed by atoms with van der Waals surface area (Å²) < 4.78 is 0. The molecule has 0 bridgehead atoms. The van der Waals surface area contributed by atoms with Gasteiger partial charge in [-0.2, -0.15) is 0 Å². The molecule has 0 spiro atoms. The Balaban J connectivity index is 1.75. The second kappa shape index (κ2) is 11.0. The Kier molecular flexibility index (Phi) is 8.35. The predicted octanol–water partition coefficient (Wildman–Crippen LogP) is 2.68. The smallest absolute Gasteiger partial charge is 0.246 e. The number of rotatable bonds is 8. The Morgan fingerprint density at radius 1 is 1.08 bits per heavy atom. The second-order valence-electron chi connectivity index (χ2n) is 5.38. The minimum Gasteiger partial charge on any atom is -0.508 e. The van der Waals surface area contributed by atoms with Gasteiger partial charge in [-0.25, -0.2) is 4.99 Å². The van der Waals surface area contributed by atoms with E-state index >= 15 is 0 Å². The highest BCUT2D eigenvalue weighted by Gasteiger charge is 2.03. The summed E-state index contributed by atoms with van der Waals surface area (Å²) in [5.74, 6) is 1.45. The first-order valence-electron chi connectivity index (χ1n) is 8.46. The predicted molar refractivity (Wildman–Crippen MR) is 108 cm³/mol. The first-order valence-corrected chi connectivity index (χ1v) is 9.45. The quantitative estimate of drug-likeness (QED) is 0.188. The van der Waals surface area contributed by atoms with E-state index in [2.05, 4.69) is 33.1 Å². The third-order valence-corrected chi connectivity index (χ3v) is 4.30. The number of phenolic OH excluding ortho intramolecular Hbond substituents is 1. The van der Waals surface area contributed by atoms with Crippen LogP contribution in [0, 0.1) is 0 Å². The number of benzene rings is 2. The fourth-order valence-electron chi connectivity index (χ4n) is 2.09. The van der Waals surface area contributed by atoms with Crippen molar-refractivity contribution in [2.45, 2.75) is 11.8 Å². The van der Waals surface area contributed by atoms with Crippen LogP contribution in [0.5, 0.6) is 5.75 Å². The van der Waals surface area contributed by atoms with E-state index in [0.29, 0.717) is 11.6 Å². The molecule has 1 amide bonds. The maximum absolute atomic E-state index is 12.0. The number of nitrogens with zero attached hydrogens (tertiary/aromatic N) is 1. The summed E-state index contributed by atoms with van der Waals surface area (Å²) in [6.45, 7) is 3.46. The first kappa shape index (κ1) is 19.7. The highest BCUT2D eigenvalue weighted by atomic mass is 32.2. The molecule has 0 fully saturated rings. The number of aromatic hydroxyl groups is 1. The molecule has 0 aliphatic heterocycles. The molecule has 0 aromatic heterocycles. The fraction of sp³-hybridized carbons (Fsp3) is 0.263. The van der Waals surface area contributed by atoms with Gasteiger partial charge in [0.2, 0.25) is 5.91 Å². The van der Waals surface area contributed by atoms with Gasteiger partial charge >= 0.3 is 0 Å². The molecule has 4 N–H and O–H groups in total. The van der Waals surface area contributed by atoms with Crippen LogP contribution in [0.2, 0.25) is 0 Å². The van der Waals surface area contributed by atoms with Gasteiger partial charge in [0.15, 0.2) is 5.96 Å². The normalized spacial score (nSPS) is 11.0. The largest absolute Gasteiger partial charge is 0.508 e. The Morgan fingerprint density at radius 3 is 2.50 bits per heavy atom. The first-order chi connectivity index (χ1) is 12.7. The van der Waals surface area contributed by atoms with Crippen LogP contribution >= 0.6 is 11.8 Å². The van der Waals surface area contributed by atoms with Crippen LogP contribution < -0.4 is 16.0 Å².